The molecule has 2 N–H and O–H groups in total. The van der Waals surface area contributed by atoms with Crippen molar-refractivity contribution < 1.29 is 23.5 Å². The monoisotopic (exact) mass is 578 g/mol. The molecule has 0 radical (unpaired) electrons. The first-order valence-corrected chi connectivity index (χ1v) is 12.9. The van der Waals surface area contributed by atoms with Crippen molar-refractivity contribution in [2.24, 2.45) is 13.0 Å². The molecule has 2 aromatic carbocycles. The lowest BCUT2D eigenvalue weighted by Gasteiger charge is -2.25. The lowest BCUT2D eigenvalue weighted by atomic mass is 9.97. The molecule has 2 amide bonds. The summed E-state index contributed by atoms with van der Waals surface area (Å²) in [5, 5.41) is 17.5. The minimum absolute atomic E-state index is 0.0267. The fraction of sp³-hybridized carbons (Fsp3) is 0.192. The van der Waals surface area contributed by atoms with E-state index in [0.29, 0.717) is 31.2 Å². The highest BCUT2D eigenvalue weighted by atomic mass is 35.5. The van der Waals surface area contributed by atoms with Gasteiger partial charge in [-0.05, 0) is 35.7 Å². The highest BCUT2D eigenvalue weighted by molar-refractivity contribution is 7.20. The Morgan fingerprint density at radius 3 is 2.47 bits per heavy atom. The van der Waals surface area contributed by atoms with Gasteiger partial charge in [-0.2, -0.15) is 5.10 Å². The Morgan fingerprint density at radius 2 is 1.84 bits per heavy atom. The maximum absolute atomic E-state index is 13.9. The fourth-order valence-electron chi connectivity index (χ4n) is 4.00. The number of aryl methyl sites for hydroxylation is 1. The predicted octanol–water partition coefficient (Wildman–Crippen LogP) is 6.71. The van der Waals surface area contributed by atoms with Crippen molar-refractivity contribution >= 4 is 51.5 Å². The van der Waals surface area contributed by atoms with Crippen molar-refractivity contribution in [3.63, 3.8) is 0 Å². The number of rotatable bonds is 9. The van der Waals surface area contributed by atoms with Crippen molar-refractivity contribution in [2.75, 3.05) is 11.9 Å². The zero-order valence-corrected chi connectivity index (χ0v) is 22.3. The zero-order valence-electron chi connectivity index (χ0n) is 20.0. The van der Waals surface area contributed by atoms with Gasteiger partial charge in [-0.15, -0.1) is 11.3 Å². The minimum atomic E-state index is -1.22. The van der Waals surface area contributed by atoms with Crippen molar-refractivity contribution in [3.05, 3.63) is 92.9 Å². The van der Waals surface area contributed by atoms with E-state index in [1.165, 1.54) is 12.3 Å². The molecule has 0 aliphatic carbocycles. The second-order valence-electron chi connectivity index (χ2n) is 8.55. The quantitative estimate of drug-likeness (QED) is 0.231. The number of carboxylic acid groups (broad SMARTS) is 1. The van der Waals surface area contributed by atoms with E-state index in [2.05, 4.69) is 10.4 Å². The lowest BCUT2D eigenvalue weighted by molar-refractivity contribution is -0.120. The van der Waals surface area contributed by atoms with Crippen molar-refractivity contribution in [1.82, 2.24) is 14.7 Å². The van der Waals surface area contributed by atoms with Crippen molar-refractivity contribution in [2.45, 2.75) is 13.0 Å². The molecule has 0 spiro atoms. The van der Waals surface area contributed by atoms with E-state index in [1.54, 1.807) is 42.1 Å². The van der Waals surface area contributed by atoms with Crippen LogP contribution in [-0.2, 0) is 24.8 Å². The summed E-state index contributed by atoms with van der Waals surface area (Å²) in [4.78, 5) is 26.6. The average Bonchev–Trinajstić information content (AvgIpc) is 3.40. The van der Waals surface area contributed by atoms with Gasteiger partial charge in [0.05, 0.1) is 27.8 Å². The number of thiophene rings is 1. The number of amides is 2. The molecule has 2 aromatic heterocycles. The number of benzene rings is 2. The Hall–Kier alpha value is -3.47. The third-order valence-electron chi connectivity index (χ3n) is 5.85. The standard InChI is InChI=1S/C26H22Cl2F2N4O3S/c1-33-23(19(27)12-31-33)18-11-22(38-24(18)28)32-25(35)17(9-16-7-8-20(29)21(30)10-16)14-34(26(36)37)13-15-5-3-2-4-6-15/h2-8,10-12,17H,9,13-14H2,1H3,(H,32,35)(H,36,37)/t17-/m1/s1. The number of hydrogen-bond acceptors (Lipinski definition) is 4. The molecule has 12 heteroatoms. The van der Waals surface area contributed by atoms with E-state index in [4.69, 9.17) is 23.2 Å². The summed E-state index contributed by atoms with van der Waals surface area (Å²) in [7, 11) is 1.71. The average molecular weight is 579 g/mol. The number of halogens is 4. The largest absolute Gasteiger partial charge is 0.465 e. The molecule has 2 heterocycles. The van der Waals surface area contributed by atoms with Crippen molar-refractivity contribution in [1.29, 1.82) is 0 Å². The molecule has 0 saturated heterocycles. The highest BCUT2D eigenvalue weighted by Gasteiger charge is 2.27. The van der Waals surface area contributed by atoms with E-state index < -0.39 is 29.6 Å². The van der Waals surface area contributed by atoms with E-state index in [0.717, 1.165) is 33.9 Å². The van der Waals surface area contributed by atoms with E-state index in [1.807, 2.05) is 6.07 Å². The van der Waals surface area contributed by atoms with Crippen LogP contribution in [-0.4, -0.2) is 38.3 Å². The molecule has 0 aliphatic heterocycles. The minimum Gasteiger partial charge on any atom is -0.465 e. The van der Waals surface area contributed by atoms with Gasteiger partial charge in [0.15, 0.2) is 11.6 Å². The Bertz CT molecular complexity index is 1440. The molecule has 38 heavy (non-hydrogen) atoms. The SMILES string of the molecule is Cn1ncc(Cl)c1-c1cc(NC(=O)[C@H](Cc2ccc(F)c(F)c2)CN(Cc2ccccc2)C(=O)O)sc1Cl. The van der Waals surface area contributed by atoms with Crippen LogP contribution in [0.3, 0.4) is 0 Å². The maximum atomic E-state index is 13.9. The molecule has 1 atom stereocenters. The van der Waals surface area contributed by atoms with Crippen LogP contribution in [0.4, 0.5) is 18.6 Å². The third-order valence-corrected chi connectivity index (χ3v) is 7.40. The topological polar surface area (TPSA) is 87.5 Å². The molecule has 7 nitrogen and oxygen atoms in total. The number of aromatic nitrogens is 2. The van der Waals surface area contributed by atoms with Crippen LogP contribution in [0.5, 0.6) is 0 Å². The van der Waals surface area contributed by atoms with Gasteiger partial charge in [0.25, 0.3) is 0 Å². The molecule has 0 bridgehead atoms. The van der Waals surface area contributed by atoms with Gasteiger partial charge in [0, 0.05) is 25.7 Å². The summed E-state index contributed by atoms with van der Waals surface area (Å²) < 4.78 is 29.3. The zero-order chi connectivity index (χ0) is 27.4. The van der Waals surface area contributed by atoms with Crippen LogP contribution in [0.25, 0.3) is 11.3 Å². The van der Waals surface area contributed by atoms with Gasteiger partial charge in [-0.25, -0.2) is 13.6 Å². The Morgan fingerprint density at radius 1 is 1.11 bits per heavy atom. The van der Waals surface area contributed by atoms with Crippen LogP contribution in [0, 0.1) is 17.6 Å². The molecular formula is C26H22Cl2F2N4O3S. The third kappa shape index (κ3) is 6.50. The number of carbonyl (C=O) groups is 2. The summed E-state index contributed by atoms with van der Waals surface area (Å²) in [5.41, 5.74) is 2.24. The summed E-state index contributed by atoms with van der Waals surface area (Å²) >= 11 is 13.8. The first-order valence-electron chi connectivity index (χ1n) is 11.4. The molecule has 198 valence electrons. The Labute approximate surface area is 231 Å². The summed E-state index contributed by atoms with van der Waals surface area (Å²) in [5.74, 6) is -3.50. The highest BCUT2D eigenvalue weighted by Crippen LogP contribution is 2.41. The predicted molar refractivity (Wildman–Crippen MR) is 144 cm³/mol. The smallest absolute Gasteiger partial charge is 0.407 e. The van der Waals surface area contributed by atoms with Crippen LogP contribution in [0.15, 0.2) is 60.8 Å². The first-order chi connectivity index (χ1) is 18.1. The van der Waals surface area contributed by atoms with Crippen LogP contribution >= 0.6 is 34.5 Å². The fourth-order valence-corrected chi connectivity index (χ4v) is 5.45. The van der Waals surface area contributed by atoms with Crippen LogP contribution < -0.4 is 5.32 Å². The van der Waals surface area contributed by atoms with Gasteiger partial charge in [0.1, 0.15) is 4.34 Å². The van der Waals surface area contributed by atoms with Crippen LogP contribution in [0.2, 0.25) is 9.36 Å². The van der Waals surface area contributed by atoms with E-state index >= 15 is 0 Å². The summed E-state index contributed by atoms with van der Waals surface area (Å²) in [6.45, 7) is -0.139. The molecule has 0 fully saturated rings. The van der Waals surface area contributed by atoms with Gasteiger partial charge in [-0.1, -0.05) is 59.6 Å². The van der Waals surface area contributed by atoms with Gasteiger partial charge >= 0.3 is 6.09 Å². The number of nitrogens with one attached hydrogen (secondary N) is 1. The Balaban J connectivity index is 1.60. The van der Waals surface area contributed by atoms with Gasteiger partial charge in [-0.3, -0.25) is 9.48 Å². The van der Waals surface area contributed by atoms with E-state index in [9.17, 15) is 23.5 Å². The summed E-state index contributed by atoms with van der Waals surface area (Å²) in [6, 6.07) is 13.9. The molecule has 0 unspecified atom stereocenters. The van der Waals surface area contributed by atoms with E-state index in [-0.39, 0.29) is 19.5 Å². The maximum Gasteiger partial charge on any atom is 0.407 e. The molecule has 4 aromatic rings. The lowest BCUT2D eigenvalue weighted by Crippen LogP contribution is -2.39. The number of nitrogens with zero attached hydrogens (tertiary/aromatic N) is 3. The number of hydrogen-bond donors (Lipinski definition) is 2. The molecule has 0 aliphatic rings. The van der Waals surface area contributed by atoms with Crippen LogP contribution in [0.1, 0.15) is 11.1 Å². The summed E-state index contributed by atoms with van der Waals surface area (Å²) in [6.07, 6.45) is 0.235. The van der Waals surface area contributed by atoms with Crippen molar-refractivity contribution in [3.8, 4) is 11.3 Å². The second kappa shape index (κ2) is 11.9. The number of carbonyl (C=O) groups excluding carboxylic acids is 1. The normalized spacial score (nSPS) is 11.8. The second-order valence-corrected chi connectivity index (χ2v) is 10.6. The van der Waals surface area contributed by atoms with Gasteiger partial charge in [0.2, 0.25) is 5.91 Å². The number of anilines is 1. The van der Waals surface area contributed by atoms with Gasteiger partial charge < -0.3 is 15.3 Å². The molecule has 4 rings (SSSR count). The first kappa shape index (κ1) is 27.6. The Kier molecular flexibility index (Phi) is 8.65. The molecular weight excluding hydrogens is 557 g/mol. The molecule has 0 saturated carbocycles.